The highest BCUT2D eigenvalue weighted by atomic mass is 16.1. The van der Waals surface area contributed by atoms with E-state index in [1.807, 2.05) is 18.2 Å². The van der Waals surface area contributed by atoms with Crippen molar-refractivity contribution in [3.05, 3.63) is 47.5 Å². The third kappa shape index (κ3) is 3.70. The Bertz CT molecular complexity index is 612. The molecule has 0 N–H and O–H groups in total. The van der Waals surface area contributed by atoms with Crippen molar-refractivity contribution in [2.45, 2.75) is 33.6 Å². The molecule has 0 heterocycles. The topological polar surface area (TPSA) is 20.3 Å². The number of aryl methyl sites for hydroxylation is 1. The van der Waals surface area contributed by atoms with Gasteiger partial charge in [-0.3, -0.25) is 9.69 Å². The Morgan fingerprint density at radius 1 is 0.952 bits per heavy atom. The van der Waals surface area contributed by atoms with E-state index in [1.54, 1.807) is 0 Å². The van der Waals surface area contributed by atoms with E-state index in [2.05, 4.69) is 43.9 Å². The molecule has 2 nitrogen and oxygen atoms in total. The van der Waals surface area contributed by atoms with Gasteiger partial charge in [0.25, 0.3) is 0 Å². The molecule has 0 aliphatic heterocycles. The summed E-state index contributed by atoms with van der Waals surface area (Å²) in [6.45, 7) is 8.92. The fourth-order valence-electron chi connectivity index (χ4n) is 2.88. The number of ketones is 1. The van der Waals surface area contributed by atoms with Crippen LogP contribution in [0.4, 0.5) is 0 Å². The normalized spacial score (nSPS) is 11.2. The van der Waals surface area contributed by atoms with Crippen molar-refractivity contribution in [3.63, 3.8) is 0 Å². The van der Waals surface area contributed by atoms with Crippen LogP contribution in [0.25, 0.3) is 10.8 Å². The predicted octanol–water partition coefficient (Wildman–Crippen LogP) is 4.45. The minimum Gasteiger partial charge on any atom is -0.296 e. The lowest BCUT2D eigenvalue weighted by atomic mass is 9.97. The number of carbonyl (C=O) groups is 1. The molecule has 0 saturated carbocycles. The van der Waals surface area contributed by atoms with Gasteiger partial charge in [0, 0.05) is 5.56 Å². The molecule has 0 aromatic heterocycles. The molecule has 0 amide bonds. The van der Waals surface area contributed by atoms with E-state index in [-0.39, 0.29) is 5.78 Å². The number of rotatable bonds is 7. The molecule has 0 unspecified atom stereocenters. The molecule has 0 spiro atoms. The van der Waals surface area contributed by atoms with E-state index in [9.17, 15) is 4.79 Å². The molecule has 2 rings (SSSR count). The van der Waals surface area contributed by atoms with Crippen molar-refractivity contribution in [2.75, 3.05) is 19.6 Å². The minimum atomic E-state index is 0.230. The zero-order valence-corrected chi connectivity index (χ0v) is 13.4. The summed E-state index contributed by atoms with van der Waals surface area (Å²) in [7, 11) is 0. The number of nitrogens with zero attached hydrogens (tertiary/aromatic N) is 1. The number of hydrogen-bond donors (Lipinski definition) is 0. The smallest absolute Gasteiger partial charge is 0.177 e. The Balaban J connectivity index is 2.29. The molecular weight excluding hydrogens is 258 g/mol. The molecule has 0 atom stereocenters. The molecule has 0 aliphatic carbocycles. The molecule has 0 bridgehead atoms. The van der Waals surface area contributed by atoms with Gasteiger partial charge in [-0.1, -0.05) is 50.2 Å². The molecule has 2 aromatic carbocycles. The average molecular weight is 283 g/mol. The number of fused-ring (bicyclic) bond motifs is 1. The summed E-state index contributed by atoms with van der Waals surface area (Å²) in [5, 5.41) is 2.26. The van der Waals surface area contributed by atoms with E-state index < -0.39 is 0 Å². The van der Waals surface area contributed by atoms with E-state index >= 15 is 0 Å². The monoisotopic (exact) mass is 283 g/mol. The molecule has 112 valence electrons. The maximum Gasteiger partial charge on any atom is 0.177 e. The zero-order valence-electron chi connectivity index (χ0n) is 13.4. The summed E-state index contributed by atoms with van der Waals surface area (Å²) in [6, 6.07) is 12.2. The second kappa shape index (κ2) is 7.37. The first kappa shape index (κ1) is 15.7. The number of Topliss-reactive ketones (excluding diaryl/α,β-unsaturated/α-hetero) is 1. The molecule has 0 fully saturated rings. The fraction of sp³-hybridized carbons (Fsp3) is 0.421. The second-order valence-electron chi connectivity index (χ2n) is 5.67. The van der Waals surface area contributed by atoms with Gasteiger partial charge in [-0.25, -0.2) is 0 Å². The molecule has 2 heteroatoms. The van der Waals surface area contributed by atoms with Crippen LogP contribution in [-0.4, -0.2) is 30.3 Å². The number of carbonyl (C=O) groups excluding carboxylic acids is 1. The number of hydrogen-bond acceptors (Lipinski definition) is 2. The average Bonchev–Trinajstić information content (AvgIpc) is 2.48. The van der Waals surface area contributed by atoms with Crippen LogP contribution < -0.4 is 0 Å². The molecule has 0 aliphatic rings. The Kier molecular flexibility index (Phi) is 5.51. The van der Waals surface area contributed by atoms with E-state index in [4.69, 9.17) is 0 Å². The Labute approximate surface area is 127 Å². The summed E-state index contributed by atoms with van der Waals surface area (Å²) in [4.78, 5) is 14.9. The first-order valence-corrected chi connectivity index (χ1v) is 7.91. The predicted molar refractivity (Wildman–Crippen MR) is 90.0 cm³/mol. The first-order chi connectivity index (χ1) is 10.2. The van der Waals surface area contributed by atoms with Crippen LogP contribution in [0.3, 0.4) is 0 Å². The highest BCUT2D eigenvalue weighted by molar-refractivity contribution is 6.09. The summed E-state index contributed by atoms with van der Waals surface area (Å²) in [6.07, 6.45) is 2.17. The van der Waals surface area contributed by atoms with Gasteiger partial charge in [0.05, 0.1) is 6.54 Å². The van der Waals surface area contributed by atoms with Gasteiger partial charge in [0.2, 0.25) is 0 Å². The highest BCUT2D eigenvalue weighted by Crippen LogP contribution is 2.23. The van der Waals surface area contributed by atoms with Gasteiger partial charge in [-0.15, -0.1) is 0 Å². The standard InChI is InChI=1S/C19H25NO/c1-4-12-20(13-5-2)14-19(21)18-11-10-15(3)16-8-6-7-9-17(16)18/h6-11H,4-5,12-14H2,1-3H3. The van der Waals surface area contributed by atoms with Crippen molar-refractivity contribution in [2.24, 2.45) is 0 Å². The third-order valence-corrected chi connectivity index (χ3v) is 3.89. The van der Waals surface area contributed by atoms with E-state index in [0.717, 1.165) is 36.9 Å². The Morgan fingerprint density at radius 3 is 2.19 bits per heavy atom. The van der Waals surface area contributed by atoms with Gasteiger partial charge in [-0.2, -0.15) is 0 Å². The lowest BCUT2D eigenvalue weighted by molar-refractivity contribution is 0.0932. The third-order valence-electron chi connectivity index (χ3n) is 3.89. The van der Waals surface area contributed by atoms with Crippen LogP contribution in [0.5, 0.6) is 0 Å². The fourth-order valence-corrected chi connectivity index (χ4v) is 2.88. The van der Waals surface area contributed by atoms with Crippen LogP contribution in [0, 0.1) is 6.92 Å². The zero-order chi connectivity index (χ0) is 15.2. The first-order valence-electron chi connectivity index (χ1n) is 7.91. The van der Waals surface area contributed by atoms with Gasteiger partial charge >= 0.3 is 0 Å². The van der Waals surface area contributed by atoms with Crippen LogP contribution in [0.15, 0.2) is 36.4 Å². The minimum absolute atomic E-state index is 0.230. The van der Waals surface area contributed by atoms with Gasteiger partial charge in [0.1, 0.15) is 0 Å². The summed E-state index contributed by atoms with van der Waals surface area (Å²) in [5.41, 5.74) is 2.08. The van der Waals surface area contributed by atoms with Crippen LogP contribution >= 0.6 is 0 Å². The molecule has 2 aromatic rings. The second-order valence-corrected chi connectivity index (χ2v) is 5.67. The quantitative estimate of drug-likeness (QED) is 0.700. The van der Waals surface area contributed by atoms with E-state index in [1.165, 1.54) is 10.9 Å². The van der Waals surface area contributed by atoms with Gasteiger partial charge in [0.15, 0.2) is 5.78 Å². The largest absolute Gasteiger partial charge is 0.296 e. The van der Waals surface area contributed by atoms with Crippen molar-refractivity contribution < 1.29 is 4.79 Å². The Morgan fingerprint density at radius 2 is 1.57 bits per heavy atom. The van der Waals surface area contributed by atoms with Crippen LogP contribution in [0.1, 0.15) is 42.6 Å². The van der Waals surface area contributed by atoms with Crippen molar-refractivity contribution >= 4 is 16.6 Å². The molecule has 0 radical (unpaired) electrons. The lowest BCUT2D eigenvalue weighted by Crippen LogP contribution is -2.31. The Hall–Kier alpha value is -1.67. The van der Waals surface area contributed by atoms with Gasteiger partial charge < -0.3 is 0 Å². The summed E-state index contributed by atoms with van der Waals surface area (Å²) < 4.78 is 0. The maximum atomic E-state index is 12.7. The molecule has 21 heavy (non-hydrogen) atoms. The summed E-state index contributed by atoms with van der Waals surface area (Å²) >= 11 is 0. The highest BCUT2D eigenvalue weighted by Gasteiger charge is 2.14. The van der Waals surface area contributed by atoms with E-state index in [0.29, 0.717) is 6.54 Å². The van der Waals surface area contributed by atoms with Crippen molar-refractivity contribution in [3.8, 4) is 0 Å². The van der Waals surface area contributed by atoms with Crippen molar-refractivity contribution in [1.29, 1.82) is 0 Å². The van der Waals surface area contributed by atoms with Crippen molar-refractivity contribution in [1.82, 2.24) is 4.90 Å². The number of benzene rings is 2. The van der Waals surface area contributed by atoms with Crippen LogP contribution in [0.2, 0.25) is 0 Å². The lowest BCUT2D eigenvalue weighted by Gasteiger charge is -2.20. The summed E-state index contributed by atoms with van der Waals surface area (Å²) in [5.74, 6) is 0.230. The van der Waals surface area contributed by atoms with Crippen LogP contribution in [-0.2, 0) is 0 Å². The SMILES string of the molecule is CCCN(CCC)CC(=O)c1ccc(C)c2ccccc12. The molecular formula is C19H25NO. The van der Waals surface area contributed by atoms with Gasteiger partial charge in [-0.05, 0) is 49.2 Å². The maximum absolute atomic E-state index is 12.7. The molecule has 0 saturated heterocycles.